The molecule has 6 aromatic rings. The lowest BCUT2D eigenvalue weighted by atomic mass is 10.1. The van der Waals surface area contributed by atoms with Crippen LogP contribution in [-0.2, 0) is 19.7 Å². The Balaban J connectivity index is 1.17. The van der Waals surface area contributed by atoms with Crippen molar-refractivity contribution in [2.75, 3.05) is 23.9 Å². The van der Waals surface area contributed by atoms with Gasteiger partial charge in [-0.05, 0) is 78.0 Å². The van der Waals surface area contributed by atoms with E-state index in [1.807, 2.05) is 48.2 Å². The molecule has 0 aliphatic heterocycles. The first-order valence-corrected chi connectivity index (χ1v) is 16.3. The molecule has 4 aromatic carbocycles. The molecule has 6 nitrogen and oxygen atoms in total. The van der Waals surface area contributed by atoms with Crippen LogP contribution in [0, 0.1) is 5.82 Å². The number of halogens is 2. The Morgan fingerprint density at radius 2 is 1.76 bits per heavy atom. The number of rotatable bonds is 13. The lowest BCUT2D eigenvalue weighted by molar-refractivity contribution is 0.251. The molecule has 45 heavy (non-hydrogen) atoms. The highest BCUT2D eigenvalue weighted by atomic mass is 35.5. The SMILES string of the molecule is CSCCN(Cc1ccccc1)Cc1ccc(-c2ccc3ncnc(Nc4ccc(OCc5cccc(F)c5)c(Cl)c4)c3c2)o1. The van der Waals surface area contributed by atoms with Crippen LogP contribution in [-0.4, -0.2) is 33.4 Å². The summed E-state index contributed by atoms with van der Waals surface area (Å²) in [5, 5.41) is 4.65. The molecule has 0 fully saturated rings. The van der Waals surface area contributed by atoms with Crippen molar-refractivity contribution in [1.82, 2.24) is 14.9 Å². The molecule has 0 aliphatic rings. The molecule has 0 atom stereocenters. The van der Waals surface area contributed by atoms with E-state index in [1.54, 1.807) is 24.3 Å². The van der Waals surface area contributed by atoms with Crippen molar-refractivity contribution in [3.63, 3.8) is 0 Å². The van der Waals surface area contributed by atoms with Crippen molar-refractivity contribution in [2.24, 2.45) is 0 Å². The third-order valence-electron chi connectivity index (χ3n) is 7.30. The van der Waals surface area contributed by atoms with Crippen LogP contribution in [0.15, 0.2) is 114 Å². The summed E-state index contributed by atoms with van der Waals surface area (Å²) in [6.07, 6.45) is 3.66. The molecule has 0 saturated heterocycles. The number of nitrogens with one attached hydrogen (secondary N) is 1. The average molecular weight is 639 g/mol. The Hall–Kier alpha value is -4.37. The first kappa shape index (κ1) is 30.6. The van der Waals surface area contributed by atoms with Gasteiger partial charge < -0.3 is 14.5 Å². The van der Waals surface area contributed by atoms with E-state index in [0.29, 0.717) is 16.6 Å². The van der Waals surface area contributed by atoms with E-state index in [0.717, 1.165) is 64.6 Å². The summed E-state index contributed by atoms with van der Waals surface area (Å²) in [6, 6.07) is 32.3. The Labute approximate surface area is 271 Å². The molecular formula is C36H32ClFN4O2S. The molecular weight excluding hydrogens is 607 g/mol. The summed E-state index contributed by atoms with van der Waals surface area (Å²) in [4.78, 5) is 11.4. The van der Waals surface area contributed by atoms with Crippen LogP contribution >= 0.6 is 23.4 Å². The summed E-state index contributed by atoms with van der Waals surface area (Å²) in [6.45, 7) is 2.77. The minimum Gasteiger partial charge on any atom is -0.487 e. The zero-order valence-electron chi connectivity index (χ0n) is 24.8. The zero-order valence-corrected chi connectivity index (χ0v) is 26.3. The molecule has 0 radical (unpaired) electrons. The molecule has 0 aliphatic carbocycles. The second-order valence-electron chi connectivity index (χ2n) is 10.6. The number of thioether (sulfide) groups is 1. The van der Waals surface area contributed by atoms with Crippen molar-refractivity contribution in [2.45, 2.75) is 19.7 Å². The first-order chi connectivity index (χ1) is 22.0. The predicted molar refractivity (Wildman–Crippen MR) is 182 cm³/mol. The van der Waals surface area contributed by atoms with Gasteiger partial charge in [0.05, 0.1) is 17.1 Å². The van der Waals surface area contributed by atoms with E-state index in [1.165, 1.54) is 24.0 Å². The van der Waals surface area contributed by atoms with E-state index in [4.69, 9.17) is 20.8 Å². The van der Waals surface area contributed by atoms with Crippen molar-refractivity contribution >= 4 is 45.8 Å². The Bertz CT molecular complexity index is 1880. The standard InChI is InChI=1S/C36H32ClFN4O2S/c1-45-17-16-42(21-25-6-3-2-4-7-25)22-30-12-15-34(44-30)27-10-13-33-31(19-27)36(40-24-39-33)41-29-11-14-35(32(37)20-29)43-23-26-8-5-9-28(38)18-26/h2-15,18-20,24H,16-17,21-23H2,1H3,(H,39,40,41). The van der Waals surface area contributed by atoms with Crippen LogP contribution in [0.1, 0.15) is 16.9 Å². The van der Waals surface area contributed by atoms with E-state index in [2.05, 4.69) is 56.8 Å². The number of nitrogens with zero attached hydrogens (tertiary/aromatic N) is 3. The number of furan rings is 1. The summed E-state index contributed by atoms with van der Waals surface area (Å²) in [5.41, 5.74) is 4.49. The number of hydrogen-bond acceptors (Lipinski definition) is 7. The maximum Gasteiger partial charge on any atom is 0.141 e. The minimum absolute atomic E-state index is 0.209. The van der Waals surface area contributed by atoms with Crippen molar-refractivity contribution in [3.8, 4) is 17.1 Å². The monoisotopic (exact) mass is 638 g/mol. The van der Waals surface area contributed by atoms with Gasteiger partial charge in [-0.25, -0.2) is 14.4 Å². The Morgan fingerprint density at radius 1 is 0.889 bits per heavy atom. The highest BCUT2D eigenvalue weighted by Crippen LogP contribution is 2.33. The summed E-state index contributed by atoms with van der Waals surface area (Å²) >= 11 is 8.38. The molecule has 6 rings (SSSR count). The van der Waals surface area contributed by atoms with Gasteiger partial charge in [0.25, 0.3) is 0 Å². The van der Waals surface area contributed by atoms with E-state index < -0.39 is 0 Å². The largest absolute Gasteiger partial charge is 0.487 e. The quantitative estimate of drug-likeness (QED) is 0.135. The molecule has 0 saturated carbocycles. The van der Waals surface area contributed by atoms with Gasteiger partial charge in [-0.1, -0.05) is 54.1 Å². The molecule has 228 valence electrons. The second kappa shape index (κ2) is 14.6. The molecule has 1 N–H and O–H groups in total. The van der Waals surface area contributed by atoms with E-state index in [-0.39, 0.29) is 12.4 Å². The van der Waals surface area contributed by atoms with Crippen LogP contribution in [0.5, 0.6) is 5.75 Å². The van der Waals surface area contributed by atoms with Crippen LogP contribution in [0.4, 0.5) is 15.9 Å². The van der Waals surface area contributed by atoms with Gasteiger partial charge in [-0.3, -0.25) is 4.90 Å². The third kappa shape index (κ3) is 8.02. The molecule has 2 aromatic heterocycles. The molecule has 0 amide bonds. The lowest BCUT2D eigenvalue weighted by Crippen LogP contribution is -2.25. The van der Waals surface area contributed by atoms with Gasteiger partial charge in [0, 0.05) is 35.5 Å². The molecule has 0 bridgehead atoms. The molecule has 0 spiro atoms. The van der Waals surface area contributed by atoms with Gasteiger partial charge in [0.15, 0.2) is 0 Å². The van der Waals surface area contributed by atoms with Gasteiger partial charge in [0.2, 0.25) is 0 Å². The van der Waals surface area contributed by atoms with Gasteiger partial charge in [0.1, 0.15) is 41.8 Å². The fourth-order valence-corrected chi connectivity index (χ4v) is 5.72. The molecule has 2 heterocycles. The number of hydrogen-bond donors (Lipinski definition) is 1. The molecule has 9 heteroatoms. The highest BCUT2D eigenvalue weighted by molar-refractivity contribution is 7.98. The first-order valence-electron chi connectivity index (χ1n) is 14.6. The second-order valence-corrected chi connectivity index (χ2v) is 12.0. The van der Waals surface area contributed by atoms with Crippen LogP contribution in [0.3, 0.4) is 0 Å². The predicted octanol–water partition coefficient (Wildman–Crippen LogP) is 9.37. The number of ether oxygens (including phenoxy) is 1. The average Bonchev–Trinajstić information content (AvgIpc) is 3.52. The number of anilines is 2. The highest BCUT2D eigenvalue weighted by Gasteiger charge is 2.14. The third-order valence-corrected chi connectivity index (χ3v) is 8.19. The lowest BCUT2D eigenvalue weighted by Gasteiger charge is -2.21. The fraction of sp³-hybridized carbons (Fsp3) is 0.167. The number of benzene rings is 4. The topological polar surface area (TPSA) is 63.4 Å². The Morgan fingerprint density at radius 3 is 2.58 bits per heavy atom. The number of fused-ring (bicyclic) bond motifs is 1. The van der Waals surface area contributed by atoms with Gasteiger partial charge >= 0.3 is 0 Å². The van der Waals surface area contributed by atoms with Crippen LogP contribution < -0.4 is 10.1 Å². The normalized spacial score (nSPS) is 11.3. The van der Waals surface area contributed by atoms with Crippen molar-refractivity contribution in [3.05, 3.63) is 137 Å². The van der Waals surface area contributed by atoms with Crippen LogP contribution in [0.25, 0.3) is 22.2 Å². The van der Waals surface area contributed by atoms with E-state index >= 15 is 0 Å². The van der Waals surface area contributed by atoms with Crippen molar-refractivity contribution in [1.29, 1.82) is 0 Å². The number of aromatic nitrogens is 2. The zero-order chi connectivity index (χ0) is 31.0. The Kier molecular flexibility index (Phi) is 9.95. The van der Waals surface area contributed by atoms with Gasteiger partial charge in [-0.15, -0.1) is 0 Å². The summed E-state index contributed by atoms with van der Waals surface area (Å²) in [7, 11) is 0. The summed E-state index contributed by atoms with van der Waals surface area (Å²) < 4.78 is 25.7. The minimum atomic E-state index is -0.304. The maximum atomic E-state index is 13.5. The molecule has 0 unspecified atom stereocenters. The van der Waals surface area contributed by atoms with E-state index in [9.17, 15) is 4.39 Å². The van der Waals surface area contributed by atoms with Crippen LogP contribution in [0.2, 0.25) is 5.02 Å². The fourth-order valence-electron chi connectivity index (χ4n) is 5.04. The van der Waals surface area contributed by atoms with Crippen molar-refractivity contribution < 1.29 is 13.5 Å². The van der Waals surface area contributed by atoms with Gasteiger partial charge in [-0.2, -0.15) is 11.8 Å². The summed E-state index contributed by atoms with van der Waals surface area (Å²) in [5.74, 6) is 3.60. The smallest absolute Gasteiger partial charge is 0.141 e. The maximum absolute atomic E-state index is 13.5.